The molecule has 0 aromatic carbocycles. The van der Waals surface area contributed by atoms with E-state index in [0.29, 0.717) is 32.8 Å². The van der Waals surface area contributed by atoms with Crippen LogP contribution in [0.5, 0.6) is 0 Å². The monoisotopic (exact) mass is 260 g/mol. The van der Waals surface area contributed by atoms with Crippen molar-refractivity contribution in [3.63, 3.8) is 0 Å². The molecule has 0 aromatic rings. The molecule has 1 unspecified atom stereocenters. The third kappa shape index (κ3) is 7.63. The first-order valence-electron chi connectivity index (χ1n) is 6.65. The van der Waals surface area contributed by atoms with Gasteiger partial charge in [-0.05, 0) is 40.5 Å². The van der Waals surface area contributed by atoms with Gasteiger partial charge in [0.2, 0.25) is 5.91 Å². The lowest BCUT2D eigenvalue weighted by molar-refractivity contribution is -0.124. The van der Waals surface area contributed by atoms with Crippen molar-refractivity contribution in [3.8, 4) is 0 Å². The molecule has 1 atom stereocenters. The van der Waals surface area contributed by atoms with Crippen molar-refractivity contribution >= 4 is 5.91 Å². The van der Waals surface area contributed by atoms with E-state index < -0.39 is 5.54 Å². The smallest absolute Gasteiger partial charge is 0.237 e. The number of nitrogens with one attached hydrogen (secondary N) is 1. The van der Waals surface area contributed by atoms with Gasteiger partial charge < -0.3 is 20.5 Å². The molecule has 5 heteroatoms. The highest BCUT2D eigenvalue weighted by Crippen LogP contribution is 2.13. The molecule has 108 valence electrons. The Morgan fingerprint density at radius 1 is 1.28 bits per heavy atom. The van der Waals surface area contributed by atoms with Crippen molar-refractivity contribution < 1.29 is 14.3 Å². The summed E-state index contributed by atoms with van der Waals surface area (Å²) in [7, 11) is 0. The number of hydrogen-bond donors (Lipinski definition) is 2. The number of carbonyl (C=O) groups excluding carboxylic acids is 1. The second-order valence-electron chi connectivity index (χ2n) is 4.91. The van der Waals surface area contributed by atoms with Gasteiger partial charge >= 0.3 is 0 Å². The second kappa shape index (κ2) is 9.30. The molecule has 0 aromatic heterocycles. The Balaban J connectivity index is 3.81. The molecule has 0 aliphatic rings. The number of nitrogens with two attached hydrogens (primary N) is 1. The first kappa shape index (κ1) is 17.4. The van der Waals surface area contributed by atoms with Gasteiger partial charge in [-0.1, -0.05) is 0 Å². The van der Waals surface area contributed by atoms with E-state index in [9.17, 15) is 4.79 Å². The summed E-state index contributed by atoms with van der Waals surface area (Å²) in [6.07, 6.45) is 1.47. The number of carbonyl (C=O) groups is 1. The Kier molecular flexibility index (Phi) is 8.97. The minimum atomic E-state index is -0.655. The minimum absolute atomic E-state index is 0.223. The third-order valence-electron chi connectivity index (χ3n) is 2.69. The van der Waals surface area contributed by atoms with E-state index >= 15 is 0 Å². The molecule has 1 amide bonds. The lowest BCUT2D eigenvalue weighted by Gasteiger charge is -2.29. The normalized spacial score (nSPS) is 14.7. The number of primary amides is 1. The minimum Gasteiger partial charge on any atom is -0.379 e. The molecule has 0 spiro atoms. The van der Waals surface area contributed by atoms with Crippen LogP contribution in [0.25, 0.3) is 0 Å². The molecule has 0 saturated carbocycles. The van der Waals surface area contributed by atoms with Gasteiger partial charge in [-0.3, -0.25) is 4.79 Å². The molecule has 3 N–H and O–H groups in total. The zero-order chi connectivity index (χ0) is 14.0. The molecule has 0 fully saturated rings. The van der Waals surface area contributed by atoms with E-state index in [1.807, 2.05) is 27.7 Å². The Hall–Kier alpha value is -0.650. The maximum absolute atomic E-state index is 11.5. The molecule has 18 heavy (non-hydrogen) atoms. The summed E-state index contributed by atoms with van der Waals surface area (Å²) in [6, 6.07) is 0.223. The highest BCUT2D eigenvalue weighted by Gasteiger charge is 2.30. The van der Waals surface area contributed by atoms with Gasteiger partial charge in [0.1, 0.15) is 0 Å². The first-order valence-corrected chi connectivity index (χ1v) is 6.65. The molecular weight excluding hydrogens is 232 g/mol. The van der Waals surface area contributed by atoms with Gasteiger partial charge in [0, 0.05) is 19.3 Å². The molecule has 0 rings (SSSR count). The van der Waals surface area contributed by atoms with Gasteiger partial charge in [0.05, 0.1) is 18.8 Å². The van der Waals surface area contributed by atoms with Crippen LogP contribution < -0.4 is 11.1 Å². The highest BCUT2D eigenvalue weighted by molar-refractivity contribution is 5.84. The summed E-state index contributed by atoms with van der Waals surface area (Å²) in [5, 5.41) is 3.21. The SMILES string of the molecule is CCOCCOCCCC(C)(NC(C)C)C(N)=O. The quantitative estimate of drug-likeness (QED) is 0.545. The van der Waals surface area contributed by atoms with E-state index in [0.717, 1.165) is 6.42 Å². The lowest BCUT2D eigenvalue weighted by Crippen LogP contribution is -2.55. The van der Waals surface area contributed by atoms with E-state index in [2.05, 4.69) is 5.32 Å². The fraction of sp³-hybridized carbons (Fsp3) is 0.923. The van der Waals surface area contributed by atoms with Crippen molar-refractivity contribution in [2.24, 2.45) is 5.73 Å². The molecule has 0 radical (unpaired) electrons. The molecule has 0 bridgehead atoms. The molecule has 0 aliphatic heterocycles. The average Bonchev–Trinajstić information content (AvgIpc) is 2.26. The molecule has 0 aliphatic carbocycles. The van der Waals surface area contributed by atoms with Crippen LogP contribution in [0.4, 0.5) is 0 Å². The summed E-state index contributed by atoms with van der Waals surface area (Å²) in [4.78, 5) is 11.5. The van der Waals surface area contributed by atoms with Crippen LogP contribution >= 0.6 is 0 Å². The van der Waals surface area contributed by atoms with Crippen LogP contribution in [0.1, 0.15) is 40.5 Å². The van der Waals surface area contributed by atoms with Crippen molar-refractivity contribution in [3.05, 3.63) is 0 Å². The Labute approximate surface area is 110 Å². The van der Waals surface area contributed by atoms with Crippen LogP contribution in [-0.4, -0.2) is 43.9 Å². The molecule has 0 saturated heterocycles. The van der Waals surface area contributed by atoms with Crippen molar-refractivity contribution in [2.75, 3.05) is 26.4 Å². The second-order valence-corrected chi connectivity index (χ2v) is 4.91. The van der Waals surface area contributed by atoms with Gasteiger partial charge in [0.25, 0.3) is 0 Å². The van der Waals surface area contributed by atoms with E-state index in [-0.39, 0.29) is 11.9 Å². The zero-order valence-electron chi connectivity index (χ0n) is 12.1. The van der Waals surface area contributed by atoms with Crippen LogP contribution in [-0.2, 0) is 14.3 Å². The van der Waals surface area contributed by atoms with Gasteiger partial charge in [-0.25, -0.2) is 0 Å². The Bertz CT molecular complexity index is 234. The molecular formula is C13H28N2O3. The van der Waals surface area contributed by atoms with Gasteiger partial charge in [-0.2, -0.15) is 0 Å². The van der Waals surface area contributed by atoms with Crippen LogP contribution in [0, 0.1) is 0 Å². The first-order chi connectivity index (χ1) is 8.42. The fourth-order valence-electron chi connectivity index (χ4n) is 1.80. The summed E-state index contributed by atoms with van der Waals surface area (Å²) in [6.45, 7) is 10.3. The van der Waals surface area contributed by atoms with Crippen molar-refractivity contribution in [2.45, 2.75) is 52.1 Å². The molecule has 5 nitrogen and oxygen atoms in total. The van der Waals surface area contributed by atoms with Gasteiger partial charge in [0.15, 0.2) is 0 Å². The fourth-order valence-corrected chi connectivity index (χ4v) is 1.80. The number of rotatable bonds is 11. The topological polar surface area (TPSA) is 73.6 Å². The summed E-state index contributed by atoms with van der Waals surface area (Å²) in [5.74, 6) is -0.314. The highest BCUT2D eigenvalue weighted by atomic mass is 16.5. The number of hydrogen-bond acceptors (Lipinski definition) is 4. The van der Waals surface area contributed by atoms with Gasteiger partial charge in [-0.15, -0.1) is 0 Å². The van der Waals surface area contributed by atoms with Crippen molar-refractivity contribution in [1.82, 2.24) is 5.32 Å². The maximum Gasteiger partial charge on any atom is 0.237 e. The van der Waals surface area contributed by atoms with Crippen LogP contribution in [0.2, 0.25) is 0 Å². The van der Waals surface area contributed by atoms with Crippen LogP contribution in [0.3, 0.4) is 0 Å². The predicted octanol–water partition coefficient (Wildman–Crippen LogP) is 1.06. The number of amides is 1. The summed E-state index contributed by atoms with van der Waals surface area (Å²) in [5.41, 5.74) is 4.78. The average molecular weight is 260 g/mol. The maximum atomic E-state index is 11.5. The third-order valence-corrected chi connectivity index (χ3v) is 2.69. The molecule has 0 heterocycles. The predicted molar refractivity (Wildman–Crippen MR) is 72.4 cm³/mol. The lowest BCUT2D eigenvalue weighted by atomic mass is 9.94. The van der Waals surface area contributed by atoms with E-state index in [1.165, 1.54) is 0 Å². The van der Waals surface area contributed by atoms with E-state index in [1.54, 1.807) is 0 Å². The van der Waals surface area contributed by atoms with Crippen molar-refractivity contribution in [1.29, 1.82) is 0 Å². The zero-order valence-corrected chi connectivity index (χ0v) is 12.1. The Morgan fingerprint density at radius 2 is 1.89 bits per heavy atom. The summed E-state index contributed by atoms with van der Waals surface area (Å²) < 4.78 is 10.6. The van der Waals surface area contributed by atoms with E-state index in [4.69, 9.17) is 15.2 Å². The Morgan fingerprint density at radius 3 is 2.39 bits per heavy atom. The van der Waals surface area contributed by atoms with Crippen LogP contribution in [0.15, 0.2) is 0 Å². The largest absolute Gasteiger partial charge is 0.379 e. The standard InChI is InChI=1S/C13H28N2O3/c1-5-17-9-10-18-8-6-7-13(4,12(14)16)15-11(2)3/h11,15H,5-10H2,1-4H3,(H2,14,16). The summed E-state index contributed by atoms with van der Waals surface area (Å²) >= 11 is 0. The number of ether oxygens (including phenoxy) is 2.